The Labute approximate surface area is 123 Å². The number of hydrogen-bond acceptors (Lipinski definition) is 5. The Hall–Kier alpha value is -1.33. The lowest BCUT2D eigenvalue weighted by molar-refractivity contribution is 0.208. The van der Waals surface area contributed by atoms with E-state index >= 15 is 0 Å². The standard InChI is InChI=1S/C15H20N2O2S/c1-2-19-12-5-6-13-14(8-12)20-15(16-13)17-7-3-4-11(9-17)10-18/h5-6,8,11,18H,2-4,7,9-10H2,1H3. The molecule has 3 rings (SSSR count). The minimum absolute atomic E-state index is 0.274. The molecule has 1 saturated heterocycles. The van der Waals surface area contributed by atoms with E-state index in [-0.39, 0.29) is 6.61 Å². The second-order valence-electron chi connectivity index (χ2n) is 5.20. The molecule has 0 spiro atoms. The van der Waals surface area contributed by atoms with E-state index in [1.54, 1.807) is 11.3 Å². The summed E-state index contributed by atoms with van der Waals surface area (Å²) in [6, 6.07) is 6.06. The van der Waals surface area contributed by atoms with Crippen molar-refractivity contribution in [2.75, 3.05) is 31.2 Å². The lowest BCUT2D eigenvalue weighted by Gasteiger charge is -2.31. The van der Waals surface area contributed by atoms with Gasteiger partial charge in [0.15, 0.2) is 5.13 Å². The lowest BCUT2D eigenvalue weighted by atomic mass is 10.00. The van der Waals surface area contributed by atoms with Gasteiger partial charge in [0.1, 0.15) is 5.75 Å². The highest BCUT2D eigenvalue weighted by Crippen LogP contribution is 2.33. The lowest BCUT2D eigenvalue weighted by Crippen LogP contribution is -2.36. The number of fused-ring (bicyclic) bond motifs is 1. The molecular weight excluding hydrogens is 272 g/mol. The topological polar surface area (TPSA) is 45.6 Å². The van der Waals surface area contributed by atoms with Crippen LogP contribution in [0.3, 0.4) is 0 Å². The molecule has 4 nitrogen and oxygen atoms in total. The maximum atomic E-state index is 9.33. The van der Waals surface area contributed by atoms with Gasteiger partial charge in [0.25, 0.3) is 0 Å². The third-order valence-electron chi connectivity index (χ3n) is 3.71. The van der Waals surface area contributed by atoms with Crippen molar-refractivity contribution in [3.8, 4) is 5.75 Å². The van der Waals surface area contributed by atoms with Crippen LogP contribution in [0.25, 0.3) is 10.2 Å². The summed E-state index contributed by atoms with van der Waals surface area (Å²) >= 11 is 1.71. The van der Waals surface area contributed by atoms with Crippen LogP contribution in [-0.4, -0.2) is 36.4 Å². The van der Waals surface area contributed by atoms with E-state index in [1.165, 1.54) is 0 Å². The Morgan fingerprint density at radius 3 is 3.20 bits per heavy atom. The summed E-state index contributed by atoms with van der Waals surface area (Å²) in [5.41, 5.74) is 1.03. The second-order valence-corrected chi connectivity index (χ2v) is 6.20. The van der Waals surface area contributed by atoms with Crippen molar-refractivity contribution in [1.29, 1.82) is 0 Å². The summed E-state index contributed by atoms with van der Waals surface area (Å²) in [4.78, 5) is 7.01. The van der Waals surface area contributed by atoms with E-state index in [0.29, 0.717) is 12.5 Å². The molecule has 0 amide bonds. The number of ether oxygens (including phenoxy) is 1. The van der Waals surface area contributed by atoms with Crippen molar-refractivity contribution in [2.24, 2.45) is 5.92 Å². The number of hydrogen-bond donors (Lipinski definition) is 1. The average Bonchev–Trinajstić information content (AvgIpc) is 2.91. The number of thiazole rings is 1. The number of rotatable bonds is 4. The zero-order valence-corrected chi connectivity index (χ0v) is 12.5. The summed E-state index contributed by atoms with van der Waals surface area (Å²) in [5, 5.41) is 10.4. The maximum absolute atomic E-state index is 9.33. The van der Waals surface area contributed by atoms with Crippen molar-refractivity contribution < 1.29 is 9.84 Å². The van der Waals surface area contributed by atoms with Gasteiger partial charge in [-0.1, -0.05) is 11.3 Å². The fourth-order valence-electron chi connectivity index (χ4n) is 2.67. The van der Waals surface area contributed by atoms with Crippen LogP contribution in [0.2, 0.25) is 0 Å². The molecule has 0 saturated carbocycles. The van der Waals surface area contributed by atoms with Crippen molar-refractivity contribution >= 4 is 26.7 Å². The first-order valence-electron chi connectivity index (χ1n) is 7.19. The first-order chi connectivity index (χ1) is 9.80. The van der Waals surface area contributed by atoms with Crippen molar-refractivity contribution in [3.63, 3.8) is 0 Å². The fraction of sp³-hybridized carbons (Fsp3) is 0.533. The Balaban J connectivity index is 1.84. The van der Waals surface area contributed by atoms with E-state index in [4.69, 9.17) is 9.72 Å². The number of aliphatic hydroxyl groups is 1. The molecule has 108 valence electrons. The Morgan fingerprint density at radius 2 is 2.40 bits per heavy atom. The van der Waals surface area contributed by atoms with Gasteiger partial charge in [-0.2, -0.15) is 0 Å². The van der Waals surface area contributed by atoms with E-state index in [0.717, 1.165) is 47.0 Å². The van der Waals surface area contributed by atoms with Crippen LogP contribution in [0.1, 0.15) is 19.8 Å². The monoisotopic (exact) mass is 292 g/mol. The summed E-state index contributed by atoms with van der Waals surface area (Å²) < 4.78 is 6.70. The summed E-state index contributed by atoms with van der Waals surface area (Å²) in [6.07, 6.45) is 2.25. The van der Waals surface area contributed by atoms with Gasteiger partial charge in [0.2, 0.25) is 0 Å². The molecule has 1 aromatic heterocycles. The number of aromatic nitrogens is 1. The first-order valence-corrected chi connectivity index (χ1v) is 8.01. The number of anilines is 1. The predicted molar refractivity (Wildman–Crippen MR) is 82.8 cm³/mol. The zero-order valence-electron chi connectivity index (χ0n) is 11.7. The minimum atomic E-state index is 0.274. The third kappa shape index (κ3) is 2.74. The zero-order chi connectivity index (χ0) is 13.9. The fourth-order valence-corrected chi connectivity index (χ4v) is 3.70. The second kappa shape index (κ2) is 5.97. The molecule has 1 aliphatic rings. The van der Waals surface area contributed by atoms with Crippen LogP contribution in [-0.2, 0) is 0 Å². The van der Waals surface area contributed by atoms with Gasteiger partial charge in [-0.25, -0.2) is 4.98 Å². The predicted octanol–water partition coefficient (Wildman–Crippen LogP) is 2.90. The number of benzene rings is 1. The van der Waals surface area contributed by atoms with Crippen molar-refractivity contribution in [2.45, 2.75) is 19.8 Å². The number of nitrogens with zero attached hydrogens (tertiary/aromatic N) is 2. The van der Waals surface area contributed by atoms with Crippen LogP contribution in [0.5, 0.6) is 5.75 Å². The van der Waals surface area contributed by atoms with E-state index in [2.05, 4.69) is 11.0 Å². The molecule has 20 heavy (non-hydrogen) atoms. The average molecular weight is 292 g/mol. The summed E-state index contributed by atoms with van der Waals surface area (Å²) in [7, 11) is 0. The van der Waals surface area contributed by atoms with Gasteiger partial charge in [0.05, 0.1) is 16.8 Å². The molecule has 1 aromatic carbocycles. The first kappa shape index (κ1) is 13.6. The molecule has 0 aliphatic carbocycles. The van der Waals surface area contributed by atoms with Crippen LogP contribution < -0.4 is 9.64 Å². The highest BCUT2D eigenvalue weighted by atomic mass is 32.1. The minimum Gasteiger partial charge on any atom is -0.494 e. The Morgan fingerprint density at radius 1 is 1.50 bits per heavy atom. The van der Waals surface area contributed by atoms with Gasteiger partial charge in [-0.05, 0) is 43.9 Å². The molecule has 2 aromatic rings. The quantitative estimate of drug-likeness (QED) is 0.941. The van der Waals surface area contributed by atoms with E-state index < -0.39 is 0 Å². The largest absolute Gasteiger partial charge is 0.494 e. The highest BCUT2D eigenvalue weighted by Gasteiger charge is 2.21. The van der Waals surface area contributed by atoms with E-state index in [1.807, 2.05) is 19.1 Å². The van der Waals surface area contributed by atoms with Gasteiger partial charge >= 0.3 is 0 Å². The van der Waals surface area contributed by atoms with Gasteiger partial charge in [-0.15, -0.1) is 0 Å². The molecule has 1 fully saturated rings. The van der Waals surface area contributed by atoms with Crippen LogP contribution >= 0.6 is 11.3 Å². The Bertz CT molecular complexity index is 584. The smallest absolute Gasteiger partial charge is 0.186 e. The molecule has 5 heteroatoms. The molecule has 1 atom stereocenters. The molecular formula is C15H20N2O2S. The van der Waals surface area contributed by atoms with Crippen LogP contribution in [0.4, 0.5) is 5.13 Å². The number of aliphatic hydroxyl groups excluding tert-OH is 1. The van der Waals surface area contributed by atoms with E-state index in [9.17, 15) is 5.11 Å². The molecule has 0 bridgehead atoms. The van der Waals surface area contributed by atoms with Gasteiger partial charge in [0, 0.05) is 19.7 Å². The summed E-state index contributed by atoms with van der Waals surface area (Å²) in [5.74, 6) is 1.29. The third-order valence-corrected chi connectivity index (χ3v) is 4.79. The number of piperidine rings is 1. The maximum Gasteiger partial charge on any atom is 0.186 e. The normalized spacial score (nSPS) is 19.5. The summed E-state index contributed by atoms with van der Waals surface area (Å²) in [6.45, 7) is 4.89. The van der Waals surface area contributed by atoms with Gasteiger partial charge < -0.3 is 14.7 Å². The molecule has 1 unspecified atom stereocenters. The van der Waals surface area contributed by atoms with Crippen molar-refractivity contribution in [3.05, 3.63) is 18.2 Å². The van der Waals surface area contributed by atoms with Crippen LogP contribution in [0.15, 0.2) is 18.2 Å². The molecule has 1 aliphatic heterocycles. The highest BCUT2D eigenvalue weighted by molar-refractivity contribution is 7.22. The van der Waals surface area contributed by atoms with Crippen molar-refractivity contribution in [1.82, 2.24) is 4.98 Å². The molecule has 2 heterocycles. The molecule has 0 radical (unpaired) electrons. The van der Waals surface area contributed by atoms with Crippen LogP contribution in [0, 0.1) is 5.92 Å². The Kier molecular flexibility index (Phi) is 4.08. The SMILES string of the molecule is CCOc1ccc2nc(N3CCCC(CO)C3)sc2c1. The molecule has 1 N–H and O–H groups in total. The van der Waals surface area contributed by atoms with Gasteiger partial charge in [-0.3, -0.25) is 0 Å².